The van der Waals surface area contributed by atoms with Crippen LogP contribution in [-0.4, -0.2) is 59.4 Å². The minimum atomic E-state index is -0.148. The standard InChI is InChI=1S/C22H25N5O2S/c1-3-27(2)11-10-24-22(29)19-9-8-18(30-19)16-13-23-12-14-4-7-17(26-20(14)16)21(28)25-15-5-6-15/h4,7-9,12-13,15H,3,5-6,10-11H2,1-2H3,(H,24,29)(H,25,28). The number of likely N-dealkylation sites (N-methyl/N-ethyl adjacent to an activating group) is 1. The number of hydrogen-bond acceptors (Lipinski definition) is 6. The van der Waals surface area contributed by atoms with Crippen molar-refractivity contribution in [2.45, 2.75) is 25.8 Å². The fourth-order valence-corrected chi connectivity index (χ4v) is 3.98. The molecule has 2 N–H and O–H groups in total. The molecule has 2 amide bonds. The van der Waals surface area contributed by atoms with Crippen LogP contribution in [0, 0.1) is 0 Å². The van der Waals surface area contributed by atoms with Crippen molar-refractivity contribution in [3.05, 3.63) is 47.2 Å². The number of aromatic nitrogens is 2. The Bertz CT molecular complexity index is 1080. The third-order valence-corrected chi connectivity index (χ3v) is 6.28. The molecule has 7 nitrogen and oxygen atoms in total. The Balaban J connectivity index is 1.55. The first-order valence-corrected chi connectivity index (χ1v) is 11.0. The molecule has 0 spiro atoms. The van der Waals surface area contributed by atoms with Crippen molar-refractivity contribution in [1.29, 1.82) is 0 Å². The van der Waals surface area contributed by atoms with E-state index in [0.717, 1.165) is 41.8 Å². The lowest BCUT2D eigenvalue weighted by atomic mass is 10.1. The highest BCUT2D eigenvalue weighted by atomic mass is 32.1. The van der Waals surface area contributed by atoms with E-state index in [1.54, 1.807) is 18.5 Å². The molecule has 30 heavy (non-hydrogen) atoms. The molecule has 0 atom stereocenters. The van der Waals surface area contributed by atoms with Crippen molar-refractivity contribution in [2.24, 2.45) is 0 Å². The molecular formula is C22H25N5O2S. The molecule has 1 saturated carbocycles. The third-order valence-electron chi connectivity index (χ3n) is 5.16. The maximum atomic E-state index is 12.5. The molecule has 1 aliphatic carbocycles. The maximum Gasteiger partial charge on any atom is 0.270 e. The Labute approximate surface area is 179 Å². The highest BCUT2D eigenvalue weighted by Crippen LogP contribution is 2.32. The summed E-state index contributed by atoms with van der Waals surface area (Å²) >= 11 is 1.40. The number of hydrogen-bond donors (Lipinski definition) is 2. The molecule has 3 heterocycles. The summed E-state index contributed by atoms with van der Waals surface area (Å²) in [6.07, 6.45) is 5.54. The second-order valence-electron chi connectivity index (χ2n) is 7.52. The summed E-state index contributed by atoms with van der Waals surface area (Å²) in [5.74, 6) is -0.230. The highest BCUT2D eigenvalue weighted by molar-refractivity contribution is 7.17. The Morgan fingerprint density at radius 3 is 2.77 bits per heavy atom. The van der Waals surface area contributed by atoms with Crippen LogP contribution in [0.5, 0.6) is 0 Å². The number of nitrogens with zero attached hydrogens (tertiary/aromatic N) is 3. The molecule has 0 aromatic carbocycles. The van der Waals surface area contributed by atoms with Crippen LogP contribution in [-0.2, 0) is 0 Å². The second kappa shape index (κ2) is 8.89. The topological polar surface area (TPSA) is 87.2 Å². The summed E-state index contributed by atoms with van der Waals surface area (Å²) < 4.78 is 0. The Morgan fingerprint density at radius 2 is 2.00 bits per heavy atom. The zero-order valence-electron chi connectivity index (χ0n) is 17.1. The summed E-state index contributed by atoms with van der Waals surface area (Å²) in [5.41, 5.74) is 1.94. The number of thiophene rings is 1. The number of amides is 2. The van der Waals surface area contributed by atoms with E-state index in [9.17, 15) is 9.59 Å². The van der Waals surface area contributed by atoms with Crippen LogP contribution in [0.4, 0.5) is 0 Å². The van der Waals surface area contributed by atoms with Gasteiger partial charge in [-0.3, -0.25) is 14.6 Å². The number of fused-ring (bicyclic) bond motifs is 1. The number of nitrogens with one attached hydrogen (secondary N) is 2. The van der Waals surface area contributed by atoms with Crippen LogP contribution in [0.15, 0.2) is 36.7 Å². The van der Waals surface area contributed by atoms with E-state index in [1.165, 1.54) is 11.3 Å². The minimum Gasteiger partial charge on any atom is -0.350 e. The molecule has 3 aromatic heterocycles. The van der Waals surface area contributed by atoms with Crippen LogP contribution in [0.25, 0.3) is 21.3 Å². The van der Waals surface area contributed by atoms with E-state index in [1.807, 2.05) is 25.2 Å². The van der Waals surface area contributed by atoms with Gasteiger partial charge in [-0.2, -0.15) is 0 Å². The van der Waals surface area contributed by atoms with E-state index >= 15 is 0 Å². The predicted octanol–water partition coefficient (Wildman–Crippen LogP) is 2.93. The number of rotatable bonds is 8. The molecule has 156 valence electrons. The molecule has 0 bridgehead atoms. The minimum absolute atomic E-state index is 0.0820. The molecule has 0 aliphatic heterocycles. The van der Waals surface area contributed by atoms with Gasteiger partial charge < -0.3 is 15.5 Å². The van der Waals surface area contributed by atoms with Gasteiger partial charge >= 0.3 is 0 Å². The van der Waals surface area contributed by atoms with E-state index in [2.05, 4.69) is 32.4 Å². The van der Waals surface area contributed by atoms with Gasteiger partial charge in [0.05, 0.1) is 10.4 Å². The molecule has 0 saturated heterocycles. The number of carbonyl (C=O) groups is 2. The molecule has 3 aromatic rings. The lowest BCUT2D eigenvalue weighted by molar-refractivity contribution is 0.0941. The quantitative estimate of drug-likeness (QED) is 0.582. The van der Waals surface area contributed by atoms with Gasteiger partial charge in [0, 0.05) is 47.4 Å². The fourth-order valence-electron chi connectivity index (χ4n) is 3.05. The van der Waals surface area contributed by atoms with Crippen LogP contribution in [0.2, 0.25) is 0 Å². The van der Waals surface area contributed by atoms with Crippen molar-refractivity contribution < 1.29 is 9.59 Å². The van der Waals surface area contributed by atoms with Crippen LogP contribution >= 0.6 is 11.3 Å². The highest BCUT2D eigenvalue weighted by Gasteiger charge is 2.24. The van der Waals surface area contributed by atoms with Gasteiger partial charge in [-0.1, -0.05) is 6.92 Å². The lowest BCUT2D eigenvalue weighted by Crippen LogP contribution is -2.32. The van der Waals surface area contributed by atoms with Crippen molar-refractivity contribution in [1.82, 2.24) is 25.5 Å². The van der Waals surface area contributed by atoms with Crippen molar-refractivity contribution in [3.8, 4) is 10.4 Å². The normalized spacial score (nSPS) is 13.6. The number of pyridine rings is 2. The summed E-state index contributed by atoms with van der Waals surface area (Å²) in [6.45, 7) is 4.44. The van der Waals surface area contributed by atoms with Crippen LogP contribution in [0.1, 0.15) is 39.9 Å². The van der Waals surface area contributed by atoms with Gasteiger partial charge in [-0.25, -0.2) is 4.98 Å². The Morgan fingerprint density at radius 1 is 1.17 bits per heavy atom. The molecule has 0 radical (unpaired) electrons. The Kier molecular flexibility index (Phi) is 6.06. The first-order valence-electron chi connectivity index (χ1n) is 10.2. The van der Waals surface area contributed by atoms with Crippen molar-refractivity contribution >= 4 is 34.1 Å². The van der Waals surface area contributed by atoms with Gasteiger partial charge in [0.2, 0.25) is 0 Å². The third kappa shape index (κ3) is 4.66. The molecule has 0 unspecified atom stereocenters. The molecule has 8 heteroatoms. The first kappa shape index (κ1) is 20.4. The monoisotopic (exact) mass is 423 g/mol. The van der Waals surface area contributed by atoms with Gasteiger partial charge in [-0.15, -0.1) is 11.3 Å². The van der Waals surface area contributed by atoms with Gasteiger partial charge in [0.15, 0.2) is 0 Å². The van der Waals surface area contributed by atoms with Gasteiger partial charge in [-0.05, 0) is 50.7 Å². The summed E-state index contributed by atoms with van der Waals surface area (Å²) in [6, 6.07) is 7.61. The average molecular weight is 424 g/mol. The lowest BCUT2D eigenvalue weighted by Gasteiger charge is -2.13. The van der Waals surface area contributed by atoms with Crippen LogP contribution in [0.3, 0.4) is 0 Å². The van der Waals surface area contributed by atoms with Gasteiger partial charge in [0.1, 0.15) is 5.69 Å². The van der Waals surface area contributed by atoms with Gasteiger partial charge in [0.25, 0.3) is 11.8 Å². The summed E-state index contributed by atoms with van der Waals surface area (Å²) in [7, 11) is 2.02. The predicted molar refractivity (Wildman–Crippen MR) is 119 cm³/mol. The second-order valence-corrected chi connectivity index (χ2v) is 8.60. The molecular weight excluding hydrogens is 398 g/mol. The zero-order chi connectivity index (χ0) is 21.1. The smallest absolute Gasteiger partial charge is 0.270 e. The molecule has 1 fully saturated rings. The zero-order valence-corrected chi connectivity index (χ0v) is 18.0. The van der Waals surface area contributed by atoms with E-state index in [0.29, 0.717) is 22.6 Å². The summed E-state index contributed by atoms with van der Waals surface area (Å²) in [5, 5.41) is 6.79. The molecule has 4 rings (SSSR count). The largest absolute Gasteiger partial charge is 0.350 e. The first-order chi connectivity index (χ1) is 14.5. The fraction of sp³-hybridized carbons (Fsp3) is 0.364. The average Bonchev–Trinajstić information content (AvgIpc) is 3.44. The van der Waals surface area contributed by atoms with Crippen molar-refractivity contribution in [3.63, 3.8) is 0 Å². The SMILES string of the molecule is CCN(C)CCNC(=O)c1ccc(-c2cncc3ccc(C(=O)NC4CC4)nc23)s1. The summed E-state index contributed by atoms with van der Waals surface area (Å²) in [4.78, 5) is 37.5. The maximum absolute atomic E-state index is 12.5. The van der Waals surface area contributed by atoms with Crippen molar-refractivity contribution in [2.75, 3.05) is 26.7 Å². The number of carbonyl (C=O) groups excluding carboxylic acids is 2. The Hall–Kier alpha value is -2.84. The van der Waals surface area contributed by atoms with Crippen LogP contribution < -0.4 is 10.6 Å². The van der Waals surface area contributed by atoms with E-state index in [-0.39, 0.29) is 17.9 Å². The van der Waals surface area contributed by atoms with E-state index < -0.39 is 0 Å². The van der Waals surface area contributed by atoms with E-state index in [4.69, 9.17) is 0 Å². The molecule has 1 aliphatic rings.